The molecule has 0 atom stereocenters. The molecule has 1 aromatic carbocycles. The predicted molar refractivity (Wildman–Crippen MR) is 108 cm³/mol. The van der Waals surface area contributed by atoms with Crippen molar-refractivity contribution in [3.63, 3.8) is 0 Å². The van der Waals surface area contributed by atoms with Crippen molar-refractivity contribution in [3.05, 3.63) is 44.4 Å². The number of amides is 1. The molecule has 6 nitrogen and oxygen atoms in total. The van der Waals surface area contributed by atoms with E-state index in [1.54, 1.807) is 17.2 Å². The Morgan fingerprint density at radius 2 is 1.93 bits per heavy atom. The molecule has 1 N–H and O–H groups in total. The number of hydrogen-bond donors (Lipinski definition) is 1. The minimum atomic E-state index is -0.328. The number of fused-ring (bicyclic) bond motifs is 1. The SMILES string of the molecule is O=C(Cn1c(O)c(C=C2C=Nc3ccccc32)sc1=O)N1CCCCCC1. The van der Waals surface area contributed by atoms with Crippen molar-refractivity contribution < 1.29 is 9.90 Å². The summed E-state index contributed by atoms with van der Waals surface area (Å²) < 4.78 is 1.17. The van der Waals surface area contributed by atoms with Crippen molar-refractivity contribution >= 4 is 40.8 Å². The van der Waals surface area contributed by atoms with E-state index < -0.39 is 0 Å². The summed E-state index contributed by atoms with van der Waals surface area (Å²) in [6, 6.07) is 7.71. The predicted octanol–water partition coefficient (Wildman–Crippen LogP) is 3.27. The summed E-state index contributed by atoms with van der Waals surface area (Å²) in [7, 11) is 0. The highest BCUT2D eigenvalue weighted by Gasteiger charge is 2.21. The number of aromatic hydroxyl groups is 1. The average Bonchev–Trinajstić information content (AvgIpc) is 3.04. The first-order valence-electron chi connectivity index (χ1n) is 9.19. The van der Waals surface area contributed by atoms with Gasteiger partial charge in [0.15, 0.2) is 0 Å². The molecule has 27 heavy (non-hydrogen) atoms. The second-order valence-corrected chi connectivity index (χ2v) is 7.81. The third-order valence-corrected chi connectivity index (χ3v) is 5.91. The van der Waals surface area contributed by atoms with Crippen molar-refractivity contribution in [3.8, 4) is 5.88 Å². The number of aliphatic imine (C=N–C) groups is 1. The van der Waals surface area contributed by atoms with E-state index in [-0.39, 0.29) is 23.2 Å². The van der Waals surface area contributed by atoms with Crippen LogP contribution in [-0.4, -0.2) is 39.8 Å². The highest BCUT2D eigenvalue weighted by Crippen LogP contribution is 2.34. The average molecular weight is 383 g/mol. The van der Waals surface area contributed by atoms with Gasteiger partial charge >= 0.3 is 4.87 Å². The monoisotopic (exact) mass is 383 g/mol. The largest absolute Gasteiger partial charge is 0.493 e. The molecule has 0 aliphatic carbocycles. The molecule has 1 aromatic heterocycles. The molecule has 4 rings (SSSR count). The van der Waals surface area contributed by atoms with Crippen LogP contribution >= 0.6 is 11.3 Å². The fourth-order valence-corrected chi connectivity index (χ4v) is 4.33. The number of rotatable bonds is 3. The second-order valence-electron chi connectivity index (χ2n) is 6.81. The standard InChI is InChI=1S/C20H21N3O3S/c24-18(22-9-5-1-2-6-10-22)13-23-19(25)17(27-20(23)26)11-14-12-21-16-8-4-3-7-15(14)16/h3-4,7-8,11-12,25H,1-2,5-6,9-10,13H2. The van der Waals surface area contributed by atoms with Crippen LogP contribution in [-0.2, 0) is 11.3 Å². The number of nitrogens with zero attached hydrogens (tertiary/aromatic N) is 3. The number of thiazole rings is 1. The van der Waals surface area contributed by atoms with Gasteiger partial charge in [0.2, 0.25) is 11.8 Å². The summed E-state index contributed by atoms with van der Waals surface area (Å²) in [5.41, 5.74) is 2.67. The van der Waals surface area contributed by atoms with Crippen molar-refractivity contribution in [1.29, 1.82) is 0 Å². The van der Waals surface area contributed by atoms with Gasteiger partial charge in [-0.05, 0) is 25.0 Å². The number of carbonyl (C=O) groups is 1. The van der Waals surface area contributed by atoms with E-state index in [9.17, 15) is 14.7 Å². The van der Waals surface area contributed by atoms with E-state index in [4.69, 9.17) is 0 Å². The van der Waals surface area contributed by atoms with Crippen LogP contribution in [0.3, 0.4) is 0 Å². The van der Waals surface area contributed by atoms with Gasteiger partial charge < -0.3 is 10.0 Å². The first-order valence-corrected chi connectivity index (χ1v) is 10.0. The smallest absolute Gasteiger partial charge is 0.311 e. The molecular formula is C20H21N3O3S. The summed E-state index contributed by atoms with van der Waals surface area (Å²) in [6.45, 7) is 1.33. The number of aromatic nitrogens is 1. The van der Waals surface area contributed by atoms with Crippen LogP contribution in [0.5, 0.6) is 5.88 Å². The van der Waals surface area contributed by atoms with E-state index in [0.717, 1.165) is 66.9 Å². The number of allylic oxidation sites excluding steroid dienone is 1. The Balaban J connectivity index is 1.58. The molecule has 0 saturated carbocycles. The van der Waals surface area contributed by atoms with Gasteiger partial charge in [-0.1, -0.05) is 42.4 Å². The van der Waals surface area contributed by atoms with Crippen LogP contribution < -0.4 is 4.87 Å². The highest BCUT2D eigenvalue weighted by atomic mass is 32.1. The third-order valence-electron chi connectivity index (χ3n) is 4.99. The van der Waals surface area contributed by atoms with Crippen molar-refractivity contribution in [1.82, 2.24) is 9.47 Å². The molecule has 2 aliphatic rings. The van der Waals surface area contributed by atoms with Crippen LogP contribution in [0.25, 0.3) is 11.6 Å². The molecule has 0 spiro atoms. The van der Waals surface area contributed by atoms with E-state index in [0.29, 0.717) is 4.88 Å². The molecule has 0 unspecified atom stereocenters. The minimum absolute atomic E-state index is 0.112. The molecule has 1 saturated heterocycles. The summed E-state index contributed by atoms with van der Waals surface area (Å²) in [6.07, 6.45) is 7.73. The Kier molecular flexibility index (Phi) is 4.94. The molecule has 0 bridgehead atoms. The van der Waals surface area contributed by atoms with Crippen molar-refractivity contribution in [2.24, 2.45) is 4.99 Å². The van der Waals surface area contributed by atoms with Gasteiger partial charge in [0.25, 0.3) is 0 Å². The zero-order valence-corrected chi connectivity index (χ0v) is 15.7. The van der Waals surface area contributed by atoms with Gasteiger partial charge in [0.1, 0.15) is 6.54 Å². The van der Waals surface area contributed by atoms with Crippen LogP contribution in [0.1, 0.15) is 36.1 Å². The van der Waals surface area contributed by atoms with Crippen LogP contribution in [0.15, 0.2) is 34.1 Å². The molecule has 1 amide bonds. The number of benzene rings is 1. The lowest BCUT2D eigenvalue weighted by Gasteiger charge is -2.20. The molecular weight excluding hydrogens is 362 g/mol. The summed E-state index contributed by atoms with van der Waals surface area (Å²) >= 11 is 0.944. The molecule has 2 aliphatic heterocycles. The maximum atomic E-state index is 12.6. The first kappa shape index (κ1) is 17.7. The van der Waals surface area contributed by atoms with Crippen LogP contribution in [0.4, 0.5) is 5.69 Å². The van der Waals surface area contributed by atoms with E-state index in [1.807, 2.05) is 24.3 Å². The Hall–Kier alpha value is -2.67. The number of hydrogen-bond acceptors (Lipinski definition) is 5. The maximum absolute atomic E-state index is 12.6. The number of carbonyl (C=O) groups excluding carboxylic acids is 1. The van der Waals surface area contributed by atoms with Gasteiger partial charge in [-0.25, -0.2) is 0 Å². The third kappa shape index (κ3) is 3.60. The van der Waals surface area contributed by atoms with E-state index in [1.165, 1.54) is 4.57 Å². The zero-order chi connectivity index (χ0) is 18.8. The lowest BCUT2D eigenvalue weighted by molar-refractivity contribution is -0.131. The topological polar surface area (TPSA) is 74.9 Å². The number of likely N-dealkylation sites (tertiary alicyclic amines) is 1. The highest BCUT2D eigenvalue weighted by molar-refractivity contribution is 7.10. The Morgan fingerprint density at radius 1 is 1.19 bits per heavy atom. The second kappa shape index (κ2) is 7.52. The van der Waals surface area contributed by atoms with E-state index >= 15 is 0 Å². The number of para-hydroxylation sites is 1. The van der Waals surface area contributed by atoms with Gasteiger partial charge in [-0.2, -0.15) is 0 Å². The Morgan fingerprint density at radius 3 is 2.70 bits per heavy atom. The van der Waals surface area contributed by atoms with Gasteiger partial charge in [0.05, 0.1) is 10.6 Å². The zero-order valence-electron chi connectivity index (χ0n) is 14.9. The molecule has 140 valence electrons. The van der Waals surface area contributed by atoms with Gasteiger partial charge in [-0.15, -0.1) is 0 Å². The molecule has 0 radical (unpaired) electrons. The fraction of sp³-hybridized carbons (Fsp3) is 0.350. The van der Waals surface area contributed by atoms with Crippen LogP contribution in [0.2, 0.25) is 0 Å². The normalized spacial score (nSPS) is 17.9. The summed E-state index contributed by atoms with van der Waals surface area (Å²) in [5.74, 6) is -0.266. The van der Waals surface area contributed by atoms with E-state index in [2.05, 4.69) is 4.99 Å². The summed E-state index contributed by atoms with van der Waals surface area (Å²) in [4.78, 5) is 31.2. The molecule has 3 heterocycles. The maximum Gasteiger partial charge on any atom is 0.311 e. The van der Waals surface area contributed by atoms with Gasteiger partial charge in [-0.3, -0.25) is 19.1 Å². The van der Waals surface area contributed by atoms with Crippen LogP contribution in [0, 0.1) is 0 Å². The lowest BCUT2D eigenvalue weighted by atomic mass is 10.1. The molecule has 1 fully saturated rings. The molecule has 7 heteroatoms. The fourth-order valence-electron chi connectivity index (χ4n) is 3.50. The quantitative estimate of drug-likeness (QED) is 0.884. The summed E-state index contributed by atoms with van der Waals surface area (Å²) in [5, 5.41) is 10.5. The molecule has 2 aromatic rings. The van der Waals surface area contributed by atoms with Gasteiger partial charge in [0, 0.05) is 30.4 Å². The minimum Gasteiger partial charge on any atom is -0.493 e. The Bertz CT molecular complexity index is 979. The lowest BCUT2D eigenvalue weighted by Crippen LogP contribution is -2.36. The van der Waals surface area contributed by atoms with Crippen molar-refractivity contribution in [2.75, 3.05) is 13.1 Å². The Labute approximate surface area is 161 Å². The first-order chi connectivity index (χ1) is 13.1. The van der Waals surface area contributed by atoms with Crippen molar-refractivity contribution in [2.45, 2.75) is 32.2 Å².